The molecule has 1 aliphatic rings. The van der Waals surface area contributed by atoms with Crippen LogP contribution in [0.25, 0.3) is 12.2 Å². The highest BCUT2D eigenvalue weighted by molar-refractivity contribution is 5.66. The number of aromatic nitrogens is 1. The van der Waals surface area contributed by atoms with E-state index in [1.165, 1.54) is 11.1 Å². The molecule has 2 heterocycles. The van der Waals surface area contributed by atoms with Crippen LogP contribution in [0.2, 0.25) is 0 Å². The van der Waals surface area contributed by atoms with Crippen molar-refractivity contribution in [3.63, 3.8) is 0 Å². The molecule has 0 unspecified atom stereocenters. The highest BCUT2D eigenvalue weighted by atomic mass is 16.5. The number of unbranched alkanes of at least 4 members (excludes halogenated alkanes) is 1. The maximum Gasteiger partial charge on any atom is 0.218 e. The molecule has 1 aliphatic heterocycles. The van der Waals surface area contributed by atoms with Crippen molar-refractivity contribution in [2.75, 3.05) is 6.54 Å². The lowest BCUT2D eigenvalue weighted by atomic mass is 10.1. The molecule has 0 N–H and O–H groups in total. The topological polar surface area (TPSA) is 50.9 Å². The van der Waals surface area contributed by atoms with Gasteiger partial charge in [-0.05, 0) is 55.5 Å². The third-order valence-corrected chi connectivity index (χ3v) is 5.23. The van der Waals surface area contributed by atoms with E-state index in [-0.39, 0.29) is 0 Å². The summed E-state index contributed by atoms with van der Waals surface area (Å²) >= 11 is 0. The number of nitrogens with zero attached hydrogens (tertiary/aromatic N) is 3. The summed E-state index contributed by atoms with van der Waals surface area (Å²) in [6.45, 7) is 3.42. The van der Waals surface area contributed by atoms with Crippen LogP contribution in [0.15, 0.2) is 76.6 Å². The summed E-state index contributed by atoms with van der Waals surface area (Å²) < 4.78 is 11.4. The lowest BCUT2D eigenvalue weighted by Gasteiger charge is -2.16. The molecule has 0 radical (unpaired) electrons. The second-order valence-electron chi connectivity index (χ2n) is 7.89. The summed E-state index contributed by atoms with van der Waals surface area (Å²) in [4.78, 5) is 4.47. The van der Waals surface area contributed by atoms with Crippen LogP contribution >= 0.6 is 0 Å². The molecule has 0 spiro atoms. The molecule has 0 atom stereocenters. The first-order valence-corrected chi connectivity index (χ1v) is 11.1. The van der Waals surface area contributed by atoms with Gasteiger partial charge in [-0.25, -0.2) is 4.98 Å². The van der Waals surface area contributed by atoms with Crippen molar-refractivity contribution in [2.24, 2.45) is 5.10 Å². The summed E-state index contributed by atoms with van der Waals surface area (Å²) in [5, 5.41) is 6.36. The van der Waals surface area contributed by atoms with Gasteiger partial charge < -0.3 is 9.15 Å². The molecule has 4 rings (SSSR count). The highest BCUT2D eigenvalue weighted by Crippen LogP contribution is 2.17. The quantitative estimate of drug-likeness (QED) is 0.358. The van der Waals surface area contributed by atoms with E-state index < -0.39 is 0 Å². The molecule has 0 saturated heterocycles. The van der Waals surface area contributed by atoms with Gasteiger partial charge >= 0.3 is 0 Å². The van der Waals surface area contributed by atoms with E-state index in [1.807, 2.05) is 35.5 Å². The summed E-state index contributed by atoms with van der Waals surface area (Å²) in [5.74, 6) is 1.41. The summed E-state index contributed by atoms with van der Waals surface area (Å²) in [5.41, 5.74) is 4.45. The number of hydrazone groups is 1. The monoisotopic (exact) mass is 427 g/mol. The zero-order valence-corrected chi connectivity index (χ0v) is 18.5. The van der Waals surface area contributed by atoms with Crippen molar-refractivity contribution in [3.05, 3.63) is 95.3 Å². The van der Waals surface area contributed by atoms with Gasteiger partial charge in [-0.2, -0.15) is 5.10 Å². The van der Waals surface area contributed by atoms with Gasteiger partial charge in [0.05, 0.1) is 0 Å². The van der Waals surface area contributed by atoms with Crippen LogP contribution in [0, 0.1) is 6.92 Å². The molecule has 0 saturated carbocycles. The average molecular weight is 428 g/mol. The van der Waals surface area contributed by atoms with E-state index >= 15 is 0 Å². The van der Waals surface area contributed by atoms with Gasteiger partial charge in [-0.15, -0.1) is 0 Å². The number of hydrogen-bond donors (Lipinski definition) is 0. The van der Waals surface area contributed by atoms with Gasteiger partial charge in [-0.1, -0.05) is 48.0 Å². The first kappa shape index (κ1) is 21.6. The molecule has 2 aromatic carbocycles. The molecular weight excluding hydrogens is 398 g/mol. The van der Waals surface area contributed by atoms with Crippen molar-refractivity contribution in [3.8, 4) is 5.75 Å². The van der Waals surface area contributed by atoms with Gasteiger partial charge in [0, 0.05) is 31.5 Å². The van der Waals surface area contributed by atoms with Crippen LogP contribution in [0.5, 0.6) is 5.75 Å². The Morgan fingerprint density at radius 3 is 2.66 bits per heavy atom. The predicted octanol–water partition coefficient (Wildman–Crippen LogP) is 6.26. The predicted molar refractivity (Wildman–Crippen MR) is 129 cm³/mol. The first-order chi connectivity index (χ1) is 15.7. The smallest absolute Gasteiger partial charge is 0.218 e. The fourth-order valence-electron chi connectivity index (χ4n) is 3.39. The fourth-order valence-corrected chi connectivity index (χ4v) is 3.39. The van der Waals surface area contributed by atoms with Gasteiger partial charge in [0.1, 0.15) is 24.3 Å². The molecule has 0 bridgehead atoms. The zero-order valence-electron chi connectivity index (χ0n) is 18.5. The Bertz CT molecular complexity index is 1050. The molecule has 5 heteroatoms. The van der Waals surface area contributed by atoms with Crippen molar-refractivity contribution in [2.45, 2.75) is 39.2 Å². The molecule has 0 aliphatic carbocycles. The van der Waals surface area contributed by atoms with E-state index in [1.54, 1.807) is 6.26 Å². The summed E-state index contributed by atoms with van der Waals surface area (Å²) in [6.07, 6.45) is 15.9. The first-order valence-electron chi connectivity index (χ1n) is 11.1. The number of rotatable bonds is 10. The van der Waals surface area contributed by atoms with E-state index in [2.05, 4.69) is 65.7 Å². The van der Waals surface area contributed by atoms with Crippen LogP contribution in [0.3, 0.4) is 0 Å². The van der Waals surface area contributed by atoms with Gasteiger partial charge in [0.25, 0.3) is 0 Å². The fraction of sp³-hybridized carbons (Fsp3) is 0.259. The normalized spacial score (nSPS) is 13.2. The number of benzene rings is 2. The number of hydrogen-bond acceptors (Lipinski definition) is 5. The van der Waals surface area contributed by atoms with Gasteiger partial charge in [0.2, 0.25) is 5.89 Å². The molecule has 32 heavy (non-hydrogen) atoms. The Hall–Kier alpha value is -3.60. The Balaban J connectivity index is 1.19. The Labute approximate surface area is 189 Å². The van der Waals surface area contributed by atoms with E-state index in [4.69, 9.17) is 9.15 Å². The number of aryl methyl sites for hydroxylation is 2. The Kier molecular flexibility index (Phi) is 7.53. The van der Waals surface area contributed by atoms with Crippen LogP contribution in [0.4, 0.5) is 0 Å². The Morgan fingerprint density at radius 1 is 1.03 bits per heavy atom. The lowest BCUT2D eigenvalue weighted by Crippen LogP contribution is -2.14. The molecule has 3 aromatic rings. The minimum absolute atomic E-state index is 0.380. The number of allylic oxidation sites excluding steroid dienone is 1. The third kappa shape index (κ3) is 6.71. The summed E-state index contributed by atoms with van der Waals surface area (Å²) in [7, 11) is 0. The molecular formula is C27H29N3O2. The molecule has 0 fully saturated rings. The highest BCUT2D eigenvalue weighted by Gasteiger charge is 2.04. The molecule has 0 amide bonds. The van der Waals surface area contributed by atoms with E-state index in [0.29, 0.717) is 12.5 Å². The third-order valence-electron chi connectivity index (χ3n) is 5.23. The maximum absolute atomic E-state index is 5.86. The zero-order chi connectivity index (χ0) is 22.0. The number of oxazole rings is 1. The standard InChI is InChI=1S/C27H29N3O2/c1-22-7-9-24(10-8-22)13-16-27-29-25(21-32-27)20-31-26-14-11-23(12-15-26)6-2-4-18-30-19-5-3-17-28-30/h5,7-17,19,21H,2-4,6,18,20H2,1H3/b16-13+. The van der Waals surface area contributed by atoms with Crippen molar-refractivity contribution in [1.29, 1.82) is 0 Å². The van der Waals surface area contributed by atoms with E-state index in [9.17, 15) is 0 Å². The Morgan fingerprint density at radius 2 is 1.88 bits per heavy atom. The van der Waals surface area contributed by atoms with Crippen LogP contribution < -0.4 is 4.74 Å². The van der Waals surface area contributed by atoms with Crippen molar-refractivity contribution >= 4 is 18.4 Å². The minimum atomic E-state index is 0.380. The summed E-state index contributed by atoms with van der Waals surface area (Å²) in [6, 6.07) is 16.6. The maximum atomic E-state index is 5.86. The molecule has 1 aromatic heterocycles. The minimum Gasteiger partial charge on any atom is -0.487 e. The second kappa shape index (κ2) is 11.1. The average Bonchev–Trinajstić information content (AvgIpc) is 3.29. The van der Waals surface area contributed by atoms with Crippen molar-refractivity contribution in [1.82, 2.24) is 9.99 Å². The number of ether oxygens (including phenoxy) is 1. The van der Waals surface area contributed by atoms with Crippen LogP contribution in [-0.4, -0.2) is 22.8 Å². The van der Waals surface area contributed by atoms with Gasteiger partial charge in [0.15, 0.2) is 0 Å². The van der Waals surface area contributed by atoms with Crippen molar-refractivity contribution < 1.29 is 9.15 Å². The second-order valence-corrected chi connectivity index (χ2v) is 7.89. The van der Waals surface area contributed by atoms with Gasteiger partial charge in [-0.3, -0.25) is 5.01 Å². The molecule has 164 valence electrons. The van der Waals surface area contributed by atoms with E-state index in [0.717, 1.165) is 49.2 Å². The van der Waals surface area contributed by atoms with Crippen LogP contribution in [0.1, 0.15) is 47.5 Å². The molecule has 5 nitrogen and oxygen atoms in total. The lowest BCUT2D eigenvalue weighted by molar-refractivity contribution is 0.301. The van der Waals surface area contributed by atoms with Crippen LogP contribution in [-0.2, 0) is 13.0 Å². The SMILES string of the molecule is Cc1ccc(/C=C/c2nc(COc3ccc(CCCCN4C=CCC=N4)cc3)co2)cc1. The largest absolute Gasteiger partial charge is 0.487 e.